The number of nitrogens with one attached hydrogen (secondary N) is 1. The van der Waals surface area contributed by atoms with Crippen LogP contribution in [0.5, 0.6) is 0 Å². The third kappa shape index (κ3) is 5.69. The number of anilines is 1. The molecule has 0 atom stereocenters. The summed E-state index contributed by atoms with van der Waals surface area (Å²) in [7, 11) is 0. The van der Waals surface area contributed by atoms with Crippen LogP contribution in [0.2, 0.25) is 5.02 Å². The number of benzene rings is 1. The highest BCUT2D eigenvalue weighted by Gasteiger charge is 2.17. The van der Waals surface area contributed by atoms with Gasteiger partial charge in [0.15, 0.2) is 0 Å². The Bertz CT molecular complexity index is 706. The molecular weight excluding hydrogens is 344 g/mol. The molecule has 0 bridgehead atoms. The Hall–Kier alpha value is -2.72. The number of aliphatic carboxylic acids is 1. The molecule has 8 heteroatoms. The maximum Gasteiger partial charge on any atom is 0.305 e. The van der Waals surface area contributed by atoms with Gasteiger partial charge in [-0.3, -0.25) is 9.59 Å². The van der Waals surface area contributed by atoms with Gasteiger partial charge in [0.05, 0.1) is 6.42 Å². The lowest BCUT2D eigenvalue weighted by Crippen LogP contribution is -2.44. The molecule has 0 saturated carbocycles. The van der Waals surface area contributed by atoms with E-state index in [1.165, 1.54) is 6.20 Å². The molecule has 25 heavy (non-hydrogen) atoms. The van der Waals surface area contributed by atoms with Crippen LogP contribution >= 0.6 is 11.6 Å². The van der Waals surface area contributed by atoms with Crippen LogP contribution in [0.15, 0.2) is 36.0 Å². The van der Waals surface area contributed by atoms with Crippen LogP contribution in [0.4, 0.5) is 5.69 Å². The van der Waals surface area contributed by atoms with Gasteiger partial charge < -0.3 is 20.2 Å². The monoisotopic (exact) mass is 362 g/mol. The summed E-state index contributed by atoms with van der Waals surface area (Å²) < 4.78 is 0. The minimum absolute atomic E-state index is 0.00424. The quantitative estimate of drug-likeness (QED) is 0.587. The Kier molecular flexibility index (Phi) is 6.66. The zero-order valence-electron chi connectivity index (χ0n) is 13.6. The van der Waals surface area contributed by atoms with Crippen molar-refractivity contribution >= 4 is 29.2 Å². The summed E-state index contributed by atoms with van der Waals surface area (Å²) in [5.74, 6) is -1.55. The van der Waals surface area contributed by atoms with Crippen LogP contribution in [0.25, 0.3) is 0 Å². The number of hydrogen-bond donors (Lipinski definition) is 2. The lowest BCUT2D eigenvalue weighted by Gasteiger charge is -2.35. The van der Waals surface area contributed by atoms with Gasteiger partial charge in [-0.25, -0.2) is 0 Å². The number of carbonyl (C=O) groups is 2. The number of hydrogen-bond acceptors (Lipinski definition) is 5. The van der Waals surface area contributed by atoms with E-state index in [0.717, 1.165) is 18.8 Å². The summed E-state index contributed by atoms with van der Waals surface area (Å²) in [6.45, 7) is 2.82. The first-order chi connectivity index (χ1) is 12.0. The number of carboxylic acid groups (broad SMARTS) is 1. The van der Waals surface area contributed by atoms with Crippen molar-refractivity contribution in [1.82, 2.24) is 10.2 Å². The highest BCUT2D eigenvalue weighted by molar-refractivity contribution is 6.30. The molecular formula is C17H19ClN4O3. The molecule has 1 aromatic carbocycles. The molecule has 1 heterocycles. The first-order valence-electron chi connectivity index (χ1n) is 7.86. The van der Waals surface area contributed by atoms with Crippen LogP contribution in [-0.4, -0.2) is 54.6 Å². The van der Waals surface area contributed by atoms with E-state index in [4.69, 9.17) is 22.0 Å². The van der Waals surface area contributed by atoms with E-state index in [1.807, 2.05) is 35.2 Å². The number of carbonyl (C=O) groups excluding carboxylic acids is 1. The molecule has 1 aliphatic heterocycles. The molecule has 0 aliphatic carbocycles. The number of nitriles is 1. The zero-order valence-corrected chi connectivity index (χ0v) is 14.4. The molecule has 1 fully saturated rings. The Morgan fingerprint density at radius 3 is 2.64 bits per heavy atom. The highest BCUT2D eigenvalue weighted by atomic mass is 35.5. The fraction of sp³-hybridized carbons (Fsp3) is 0.353. The predicted octanol–water partition coefficient (Wildman–Crippen LogP) is 1.46. The molecule has 0 unspecified atom stereocenters. The molecule has 132 valence electrons. The van der Waals surface area contributed by atoms with Gasteiger partial charge in [-0.1, -0.05) is 17.7 Å². The van der Waals surface area contributed by atoms with Crippen molar-refractivity contribution in [3.8, 4) is 6.07 Å². The summed E-state index contributed by atoms with van der Waals surface area (Å²) in [4.78, 5) is 26.5. The Balaban J connectivity index is 1.90. The maximum atomic E-state index is 11.9. The second-order valence-electron chi connectivity index (χ2n) is 5.56. The fourth-order valence-corrected chi connectivity index (χ4v) is 2.67. The van der Waals surface area contributed by atoms with Crippen LogP contribution in [-0.2, 0) is 9.59 Å². The van der Waals surface area contributed by atoms with E-state index < -0.39 is 11.9 Å². The summed E-state index contributed by atoms with van der Waals surface area (Å²) in [5, 5.41) is 20.8. The van der Waals surface area contributed by atoms with Gasteiger partial charge in [-0.2, -0.15) is 5.26 Å². The van der Waals surface area contributed by atoms with Gasteiger partial charge in [0, 0.05) is 49.6 Å². The fourth-order valence-electron chi connectivity index (χ4n) is 2.48. The molecule has 1 aliphatic rings. The van der Waals surface area contributed by atoms with Crippen molar-refractivity contribution < 1.29 is 14.7 Å². The number of halogens is 1. The zero-order chi connectivity index (χ0) is 18.2. The van der Waals surface area contributed by atoms with Crippen LogP contribution in [0, 0.1) is 11.3 Å². The summed E-state index contributed by atoms with van der Waals surface area (Å²) in [5.41, 5.74) is 1.02. The lowest BCUT2D eigenvalue weighted by atomic mass is 10.2. The molecule has 0 spiro atoms. The predicted molar refractivity (Wildman–Crippen MR) is 94.2 cm³/mol. The number of piperazine rings is 1. The van der Waals surface area contributed by atoms with Crippen molar-refractivity contribution in [2.24, 2.45) is 0 Å². The van der Waals surface area contributed by atoms with E-state index in [0.29, 0.717) is 18.1 Å². The van der Waals surface area contributed by atoms with Crippen molar-refractivity contribution in [3.05, 3.63) is 41.1 Å². The Morgan fingerprint density at radius 2 is 2.04 bits per heavy atom. The lowest BCUT2D eigenvalue weighted by molar-refractivity contribution is -0.136. The topological polar surface area (TPSA) is 96.7 Å². The molecule has 1 amide bonds. The van der Waals surface area contributed by atoms with Crippen LogP contribution < -0.4 is 10.2 Å². The smallest absolute Gasteiger partial charge is 0.305 e. The van der Waals surface area contributed by atoms with Crippen molar-refractivity contribution in [2.75, 3.05) is 37.6 Å². The summed E-state index contributed by atoms with van der Waals surface area (Å²) in [6, 6.07) is 9.49. The molecule has 7 nitrogen and oxygen atoms in total. The van der Waals surface area contributed by atoms with Gasteiger partial charge >= 0.3 is 5.97 Å². The van der Waals surface area contributed by atoms with E-state index >= 15 is 0 Å². The van der Waals surface area contributed by atoms with E-state index in [-0.39, 0.29) is 18.5 Å². The van der Waals surface area contributed by atoms with Gasteiger partial charge in [0.1, 0.15) is 11.6 Å². The average molecular weight is 363 g/mol. The number of rotatable bonds is 6. The van der Waals surface area contributed by atoms with Gasteiger partial charge in [-0.05, 0) is 18.2 Å². The third-order valence-corrected chi connectivity index (χ3v) is 4.02. The standard InChI is InChI=1S/C17H19ClN4O3/c18-14-2-1-3-15(10-14)22-8-6-21(7-9-22)12-13(11-19)17(25)20-5-4-16(23)24/h1-3,10,12H,4-9H2,(H,20,25)(H,23,24)/b13-12-. The largest absolute Gasteiger partial charge is 0.481 e. The molecule has 0 radical (unpaired) electrons. The molecule has 1 saturated heterocycles. The van der Waals surface area contributed by atoms with Crippen molar-refractivity contribution in [2.45, 2.75) is 6.42 Å². The summed E-state index contributed by atoms with van der Waals surface area (Å²) >= 11 is 6.01. The van der Waals surface area contributed by atoms with E-state index in [1.54, 1.807) is 0 Å². The number of nitrogens with zero attached hydrogens (tertiary/aromatic N) is 3. The van der Waals surface area contributed by atoms with Crippen LogP contribution in [0.1, 0.15) is 6.42 Å². The van der Waals surface area contributed by atoms with Gasteiger partial charge in [0.25, 0.3) is 5.91 Å². The first-order valence-corrected chi connectivity index (χ1v) is 8.24. The normalized spacial score (nSPS) is 14.8. The molecule has 2 rings (SSSR count). The van der Waals surface area contributed by atoms with Crippen LogP contribution in [0.3, 0.4) is 0 Å². The summed E-state index contributed by atoms with van der Waals surface area (Å²) in [6.07, 6.45) is 1.36. The van der Waals surface area contributed by atoms with Crippen molar-refractivity contribution in [3.63, 3.8) is 0 Å². The Labute approximate surface area is 151 Å². The van der Waals surface area contributed by atoms with Gasteiger partial charge in [-0.15, -0.1) is 0 Å². The number of amides is 1. The Morgan fingerprint density at radius 1 is 1.32 bits per heavy atom. The average Bonchev–Trinajstić information content (AvgIpc) is 2.59. The third-order valence-electron chi connectivity index (χ3n) is 3.79. The van der Waals surface area contributed by atoms with E-state index in [2.05, 4.69) is 10.2 Å². The highest BCUT2D eigenvalue weighted by Crippen LogP contribution is 2.20. The number of carboxylic acids is 1. The maximum absolute atomic E-state index is 11.9. The molecule has 2 N–H and O–H groups in total. The van der Waals surface area contributed by atoms with Crippen molar-refractivity contribution in [1.29, 1.82) is 5.26 Å². The molecule has 0 aromatic heterocycles. The second kappa shape index (κ2) is 8.94. The van der Waals surface area contributed by atoms with Gasteiger partial charge in [0.2, 0.25) is 0 Å². The molecule has 1 aromatic rings. The first kappa shape index (κ1) is 18.6. The second-order valence-corrected chi connectivity index (χ2v) is 5.99. The SMILES string of the molecule is N#C/C(=C/N1CCN(c2cccc(Cl)c2)CC1)C(=O)NCCC(=O)O. The minimum Gasteiger partial charge on any atom is -0.481 e. The van der Waals surface area contributed by atoms with E-state index in [9.17, 15) is 9.59 Å². The minimum atomic E-state index is -1.00.